The summed E-state index contributed by atoms with van der Waals surface area (Å²) in [5.74, 6) is 0.857. The van der Waals surface area contributed by atoms with Gasteiger partial charge < -0.3 is 25.2 Å². The Morgan fingerprint density at radius 3 is 2.69 bits per heavy atom. The molecule has 3 N–H and O–H groups in total. The molecule has 0 unspecified atom stereocenters. The first-order valence-corrected chi connectivity index (χ1v) is 12.5. The van der Waals surface area contributed by atoms with Gasteiger partial charge in [0.05, 0.1) is 23.2 Å². The summed E-state index contributed by atoms with van der Waals surface area (Å²) in [5.41, 5.74) is 3.24. The molecule has 188 valence electrons. The molecule has 0 radical (unpaired) electrons. The Labute approximate surface area is 214 Å². The van der Waals surface area contributed by atoms with Crippen LogP contribution >= 0.6 is 15.9 Å². The molecule has 35 heavy (non-hydrogen) atoms. The number of aromatic nitrogens is 1. The van der Waals surface area contributed by atoms with Crippen LogP contribution in [0.3, 0.4) is 0 Å². The lowest BCUT2D eigenvalue weighted by molar-refractivity contribution is 0.0948. The van der Waals surface area contributed by atoms with Crippen molar-refractivity contribution in [1.29, 1.82) is 0 Å². The zero-order chi connectivity index (χ0) is 25.4. The molecular formula is C26H32BrN3O5. The lowest BCUT2D eigenvalue weighted by Gasteiger charge is -2.29. The van der Waals surface area contributed by atoms with Crippen LogP contribution in [0, 0.1) is 6.92 Å². The molecule has 1 aromatic heterocycles. The van der Waals surface area contributed by atoms with E-state index in [4.69, 9.17) is 14.6 Å². The highest BCUT2D eigenvalue weighted by atomic mass is 79.9. The topological polar surface area (TPSA) is 110 Å². The highest BCUT2D eigenvalue weighted by molar-refractivity contribution is 9.10. The Balaban J connectivity index is 1.68. The third-order valence-corrected chi connectivity index (χ3v) is 6.86. The number of pyridine rings is 1. The first-order chi connectivity index (χ1) is 16.8. The summed E-state index contributed by atoms with van der Waals surface area (Å²) in [6.07, 6.45) is 5.34. The van der Waals surface area contributed by atoms with Crippen LogP contribution in [0.5, 0.6) is 11.6 Å². The van der Waals surface area contributed by atoms with Gasteiger partial charge in [0, 0.05) is 23.8 Å². The highest BCUT2D eigenvalue weighted by Gasteiger charge is 2.25. The molecule has 8 nitrogen and oxygen atoms in total. The number of halogens is 1. The van der Waals surface area contributed by atoms with Crippen molar-refractivity contribution in [3.63, 3.8) is 0 Å². The normalized spacial score (nSPS) is 17.3. The van der Waals surface area contributed by atoms with Gasteiger partial charge in [-0.3, -0.25) is 4.79 Å². The number of benzene rings is 1. The highest BCUT2D eigenvalue weighted by Crippen LogP contribution is 2.32. The largest absolute Gasteiger partial charge is 0.489 e. The number of ether oxygens (including phenoxy) is 2. The molecule has 1 aliphatic rings. The molecule has 1 fully saturated rings. The lowest BCUT2D eigenvalue weighted by Crippen LogP contribution is -2.38. The minimum atomic E-state index is -0.998. The molecule has 0 spiro atoms. The number of amides is 2. The van der Waals surface area contributed by atoms with Gasteiger partial charge in [-0.15, -0.1) is 6.58 Å². The van der Waals surface area contributed by atoms with Gasteiger partial charge in [0.2, 0.25) is 5.88 Å². The molecule has 1 saturated carbocycles. The van der Waals surface area contributed by atoms with E-state index in [0.29, 0.717) is 21.7 Å². The summed E-state index contributed by atoms with van der Waals surface area (Å²) < 4.78 is 12.2. The standard InChI is InChI=1S/C26H32BrN3O5/c1-4-5-7-17-14-16(2)29-25(34-3)21(17)15-28-24(31)20-8-6-9-22(23(20)27)35-19-12-10-18(11-13-19)30-26(32)33/h4,6,8-9,14,18-19,30H,1,5,7,10-13,15H2,2-3H3,(H,28,31)(H,32,33)/t18-,19-. The number of rotatable bonds is 10. The third kappa shape index (κ3) is 7.21. The van der Waals surface area contributed by atoms with Gasteiger partial charge in [-0.05, 0) is 85.1 Å². The molecule has 1 aliphatic carbocycles. The maximum absolute atomic E-state index is 13.1. The van der Waals surface area contributed by atoms with Crippen LogP contribution in [0.25, 0.3) is 0 Å². The molecule has 1 heterocycles. The van der Waals surface area contributed by atoms with Crippen LogP contribution in [0.4, 0.5) is 4.79 Å². The van der Waals surface area contributed by atoms with E-state index in [2.05, 4.69) is 38.1 Å². The van der Waals surface area contributed by atoms with Crippen molar-refractivity contribution in [3.8, 4) is 11.6 Å². The number of carbonyl (C=O) groups is 2. The molecule has 2 amide bonds. The van der Waals surface area contributed by atoms with Crippen LogP contribution < -0.4 is 20.1 Å². The van der Waals surface area contributed by atoms with E-state index in [1.54, 1.807) is 19.2 Å². The lowest BCUT2D eigenvalue weighted by atomic mass is 9.93. The van der Waals surface area contributed by atoms with Crippen molar-refractivity contribution in [2.24, 2.45) is 0 Å². The van der Waals surface area contributed by atoms with Crippen LogP contribution in [0.1, 0.15) is 59.3 Å². The van der Waals surface area contributed by atoms with E-state index in [0.717, 1.165) is 55.3 Å². The SMILES string of the molecule is C=CCCc1cc(C)nc(OC)c1CNC(=O)c1cccc(O[C@H]2CC[C@H](NC(=O)O)CC2)c1Br. The second-order valence-corrected chi connectivity index (χ2v) is 9.37. The van der Waals surface area contributed by atoms with Crippen molar-refractivity contribution >= 4 is 27.9 Å². The molecule has 0 aliphatic heterocycles. The molecular weight excluding hydrogens is 514 g/mol. The first kappa shape index (κ1) is 26.5. The fourth-order valence-electron chi connectivity index (χ4n) is 4.30. The van der Waals surface area contributed by atoms with Crippen molar-refractivity contribution in [1.82, 2.24) is 15.6 Å². The molecule has 0 saturated heterocycles. The molecule has 2 aromatic rings. The monoisotopic (exact) mass is 545 g/mol. The molecule has 0 atom stereocenters. The van der Waals surface area contributed by atoms with Gasteiger partial charge in [0.1, 0.15) is 5.75 Å². The minimum Gasteiger partial charge on any atom is -0.489 e. The van der Waals surface area contributed by atoms with Gasteiger partial charge in [0.25, 0.3) is 5.91 Å². The van der Waals surface area contributed by atoms with E-state index in [1.165, 1.54) is 0 Å². The second-order valence-electron chi connectivity index (χ2n) is 8.58. The zero-order valence-electron chi connectivity index (χ0n) is 20.1. The van der Waals surface area contributed by atoms with Crippen LogP contribution in [-0.2, 0) is 13.0 Å². The predicted octanol–water partition coefficient (Wildman–Crippen LogP) is 5.17. The Morgan fingerprint density at radius 1 is 1.29 bits per heavy atom. The number of nitrogens with zero attached hydrogens (tertiary/aromatic N) is 1. The average Bonchev–Trinajstić information content (AvgIpc) is 2.83. The summed E-state index contributed by atoms with van der Waals surface area (Å²) in [4.78, 5) is 28.4. The fourth-order valence-corrected chi connectivity index (χ4v) is 4.83. The number of nitrogens with one attached hydrogen (secondary N) is 2. The smallest absolute Gasteiger partial charge is 0.404 e. The average molecular weight is 546 g/mol. The van der Waals surface area contributed by atoms with Gasteiger partial charge in [0.15, 0.2) is 0 Å². The van der Waals surface area contributed by atoms with Crippen LogP contribution in [-0.4, -0.2) is 41.3 Å². The molecule has 1 aromatic carbocycles. The Morgan fingerprint density at radius 2 is 2.03 bits per heavy atom. The van der Waals surface area contributed by atoms with Gasteiger partial charge >= 0.3 is 6.09 Å². The van der Waals surface area contributed by atoms with Crippen molar-refractivity contribution in [2.75, 3.05) is 7.11 Å². The summed E-state index contributed by atoms with van der Waals surface area (Å²) in [6.45, 7) is 5.99. The Bertz CT molecular complexity index is 1070. The number of carbonyl (C=O) groups excluding carboxylic acids is 1. The van der Waals surface area contributed by atoms with Gasteiger partial charge in [-0.1, -0.05) is 12.1 Å². The van der Waals surface area contributed by atoms with E-state index >= 15 is 0 Å². The van der Waals surface area contributed by atoms with Crippen molar-refractivity contribution in [3.05, 3.63) is 63.8 Å². The van der Waals surface area contributed by atoms with E-state index in [1.807, 2.05) is 25.1 Å². The van der Waals surface area contributed by atoms with Crippen LogP contribution in [0.2, 0.25) is 0 Å². The fraction of sp³-hybridized carbons (Fsp3) is 0.423. The summed E-state index contributed by atoms with van der Waals surface area (Å²) in [6, 6.07) is 7.32. The van der Waals surface area contributed by atoms with Crippen LogP contribution in [0.15, 0.2) is 41.4 Å². The predicted molar refractivity (Wildman–Crippen MR) is 137 cm³/mol. The summed E-state index contributed by atoms with van der Waals surface area (Å²) in [7, 11) is 1.58. The maximum atomic E-state index is 13.1. The first-order valence-electron chi connectivity index (χ1n) is 11.7. The number of hydrogen-bond acceptors (Lipinski definition) is 5. The number of hydrogen-bond donors (Lipinski definition) is 3. The second kappa shape index (κ2) is 12.6. The molecule has 3 rings (SSSR count). The number of carboxylic acid groups (broad SMARTS) is 1. The maximum Gasteiger partial charge on any atom is 0.404 e. The number of aryl methyl sites for hydroxylation is 2. The number of methoxy groups -OCH3 is 1. The summed E-state index contributed by atoms with van der Waals surface area (Å²) in [5, 5.41) is 14.4. The zero-order valence-corrected chi connectivity index (χ0v) is 21.7. The number of allylic oxidation sites excluding steroid dienone is 1. The van der Waals surface area contributed by atoms with Crippen molar-refractivity contribution < 1.29 is 24.2 Å². The quantitative estimate of drug-likeness (QED) is 0.355. The molecule has 9 heteroatoms. The summed E-state index contributed by atoms with van der Waals surface area (Å²) >= 11 is 3.54. The Hall–Kier alpha value is -3.07. The molecule has 0 bridgehead atoms. The van der Waals surface area contributed by atoms with Gasteiger partial charge in [-0.25, -0.2) is 9.78 Å². The van der Waals surface area contributed by atoms with E-state index in [9.17, 15) is 9.59 Å². The Kier molecular flexibility index (Phi) is 9.54. The minimum absolute atomic E-state index is 0.0354. The van der Waals surface area contributed by atoms with E-state index in [-0.39, 0.29) is 24.6 Å². The van der Waals surface area contributed by atoms with Gasteiger partial charge in [-0.2, -0.15) is 0 Å². The van der Waals surface area contributed by atoms with E-state index < -0.39 is 6.09 Å². The third-order valence-electron chi connectivity index (χ3n) is 6.05. The van der Waals surface area contributed by atoms with Crippen molar-refractivity contribution in [2.45, 2.75) is 64.1 Å².